The highest BCUT2D eigenvalue weighted by atomic mass is 79.9. The van der Waals surface area contributed by atoms with E-state index >= 15 is 0 Å². The van der Waals surface area contributed by atoms with Crippen molar-refractivity contribution in [2.75, 3.05) is 18.0 Å². The lowest BCUT2D eigenvalue weighted by Crippen LogP contribution is -2.28. The Labute approximate surface area is 95.6 Å². The van der Waals surface area contributed by atoms with Gasteiger partial charge in [0.25, 0.3) is 0 Å². The molecule has 0 aromatic heterocycles. The molecule has 2 rings (SSSR count). The number of carbonyl (C=O) groups is 1. The van der Waals surface area contributed by atoms with E-state index in [1.165, 1.54) is 0 Å². The van der Waals surface area contributed by atoms with Gasteiger partial charge in [-0.2, -0.15) is 5.26 Å². The zero-order valence-electron chi connectivity index (χ0n) is 7.83. The number of benzene rings is 1. The Hall–Kier alpha value is -1.54. The molecule has 0 bridgehead atoms. The molecule has 0 unspecified atom stereocenters. The third-order valence-corrected chi connectivity index (χ3v) is 2.72. The van der Waals surface area contributed by atoms with Gasteiger partial charge < -0.3 is 5.32 Å². The Kier molecular flexibility index (Phi) is 2.60. The summed E-state index contributed by atoms with van der Waals surface area (Å²) >= 11 is 3.32. The smallest absolute Gasteiger partial charge is 0.322 e. The van der Waals surface area contributed by atoms with Gasteiger partial charge in [0.1, 0.15) is 6.07 Å². The van der Waals surface area contributed by atoms with Crippen molar-refractivity contribution in [3.8, 4) is 6.07 Å². The molecular formula is C10H8BrN3O. The van der Waals surface area contributed by atoms with Crippen LogP contribution in [0, 0.1) is 11.3 Å². The molecule has 1 aliphatic rings. The summed E-state index contributed by atoms with van der Waals surface area (Å²) in [5.74, 6) is 0. The second kappa shape index (κ2) is 3.91. The van der Waals surface area contributed by atoms with Crippen LogP contribution in [0.4, 0.5) is 10.5 Å². The molecule has 76 valence electrons. The van der Waals surface area contributed by atoms with Crippen molar-refractivity contribution in [1.82, 2.24) is 5.32 Å². The maximum Gasteiger partial charge on any atom is 0.322 e. The van der Waals surface area contributed by atoms with Gasteiger partial charge in [0.05, 0.1) is 11.3 Å². The van der Waals surface area contributed by atoms with Gasteiger partial charge in [-0.1, -0.05) is 15.9 Å². The van der Waals surface area contributed by atoms with Crippen molar-refractivity contribution in [2.45, 2.75) is 0 Å². The Balaban J connectivity index is 2.46. The van der Waals surface area contributed by atoms with Crippen molar-refractivity contribution in [1.29, 1.82) is 5.26 Å². The van der Waals surface area contributed by atoms with Crippen molar-refractivity contribution in [3.05, 3.63) is 28.2 Å². The molecule has 15 heavy (non-hydrogen) atoms. The van der Waals surface area contributed by atoms with Crippen molar-refractivity contribution >= 4 is 27.6 Å². The quantitative estimate of drug-likeness (QED) is 0.843. The van der Waals surface area contributed by atoms with Gasteiger partial charge in [-0.15, -0.1) is 0 Å². The minimum Gasteiger partial charge on any atom is -0.336 e. The Morgan fingerprint density at radius 1 is 1.53 bits per heavy atom. The van der Waals surface area contributed by atoms with Crippen molar-refractivity contribution < 1.29 is 4.79 Å². The lowest BCUT2D eigenvalue weighted by atomic mass is 10.2. The third-order valence-electron chi connectivity index (χ3n) is 2.23. The predicted molar refractivity (Wildman–Crippen MR) is 59.6 cm³/mol. The molecule has 2 amide bonds. The maximum absolute atomic E-state index is 11.4. The number of urea groups is 1. The first kappa shape index (κ1) is 9.99. The molecule has 1 saturated heterocycles. The standard InChI is InChI=1S/C10H8BrN3O/c11-8-2-1-7(6-12)9(5-8)14-4-3-13-10(14)15/h1-2,5H,3-4H2,(H,13,15). The number of hydrogen-bond donors (Lipinski definition) is 1. The van der Waals surface area contributed by atoms with E-state index in [0.29, 0.717) is 24.3 Å². The van der Waals surface area contributed by atoms with E-state index in [2.05, 4.69) is 27.3 Å². The highest BCUT2D eigenvalue weighted by molar-refractivity contribution is 9.10. The van der Waals surface area contributed by atoms with Crippen LogP contribution < -0.4 is 10.2 Å². The number of rotatable bonds is 1. The molecule has 4 nitrogen and oxygen atoms in total. The summed E-state index contributed by atoms with van der Waals surface area (Å²) < 4.78 is 0.858. The Morgan fingerprint density at radius 2 is 2.33 bits per heavy atom. The Bertz CT molecular complexity index is 452. The lowest BCUT2D eigenvalue weighted by molar-refractivity contribution is 0.252. The second-order valence-electron chi connectivity index (χ2n) is 3.16. The number of nitrogens with zero attached hydrogens (tertiary/aromatic N) is 2. The van der Waals surface area contributed by atoms with Crippen LogP contribution in [0.15, 0.2) is 22.7 Å². The van der Waals surface area contributed by atoms with Crippen LogP contribution >= 0.6 is 15.9 Å². The fourth-order valence-corrected chi connectivity index (χ4v) is 1.87. The summed E-state index contributed by atoms with van der Waals surface area (Å²) in [5, 5.41) is 11.6. The van der Waals surface area contributed by atoms with Gasteiger partial charge in [-0.3, -0.25) is 4.90 Å². The normalized spacial score (nSPS) is 14.9. The van der Waals surface area contributed by atoms with E-state index in [1.807, 2.05) is 0 Å². The van der Waals surface area contributed by atoms with Crippen LogP contribution in [0.5, 0.6) is 0 Å². The van der Waals surface area contributed by atoms with Gasteiger partial charge >= 0.3 is 6.03 Å². The highest BCUT2D eigenvalue weighted by Crippen LogP contribution is 2.25. The minimum atomic E-state index is -0.149. The van der Waals surface area contributed by atoms with Gasteiger partial charge in [0.15, 0.2) is 0 Å². The van der Waals surface area contributed by atoms with Crippen LogP contribution in [-0.4, -0.2) is 19.1 Å². The summed E-state index contributed by atoms with van der Waals surface area (Å²) in [7, 11) is 0. The van der Waals surface area contributed by atoms with Gasteiger partial charge in [0.2, 0.25) is 0 Å². The second-order valence-corrected chi connectivity index (χ2v) is 4.07. The Morgan fingerprint density at radius 3 is 2.93 bits per heavy atom. The summed E-state index contributed by atoms with van der Waals surface area (Å²) in [6.45, 7) is 1.22. The van der Waals surface area contributed by atoms with Crippen LogP contribution in [0.2, 0.25) is 0 Å². The molecule has 1 aliphatic heterocycles. The van der Waals surface area contributed by atoms with E-state index in [1.54, 1.807) is 23.1 Å². The van der Waals surface area contributed by atoms with Crippen LogP contribution in [0.3, 0.4) is 0 Å². The number of hydrogen-bond acceptors (Lipinski definition) is 2. The fraction of sp³-hybridized carbons (Fsp3) is 0.200. The molecule has 5 heteroatoms. The first-order valence-corrected chi connectivity index (χ1v) is 5.26. The fourth-order valence-electron chi connectivity index (χ4n) is 1.52. The van der Waals surface area contributed by atoms with Crippen molar-refractivity contribution in [2.24, 2.45) is 0 Å². The molecular weight excluding hydrogens is 258 g/mol. The number of carbonyl (C=O) groups excluding carboxylic acids is 1. The molecule has 0 atom stereocenters. The number of halogens is 1. The third kappa shape index (κ3) is 1.81. The van der Waals surface area contributed by atoms with Crippen LogP contribution in [0.25, 0.3) is 0 Å². The van der Waals surface area contributed by atoms with E-state index in [-0.39, 0.29) is 6.03 Å². The summed E-state index contributed by atoms with van der Waals surface area (Å²) in [4.78, 5) is 13.0. The average Bonchev–Trinajstić information content (AvgIpc) is 2.64. The molecule has 0 saturated carbocycles. The zero-order chi connectivity index (χ0) is 10.8. The molecule has 1 N–H and O–H groups in total. The summed E-state index contributed by atoms with van der Waals surface area (Å²) in [6, 6.07) is 7.20. The largest absolute Gasteiger partial charge is 0.336 e. The monoisotopic (exact) mass is 265 g/mol. The predicted octanol–water partition coefficient (Wildman–Crippen LogP) is 1.85. The zero-order valence-corrected chi connectivity index (χ0v) is 9.41. The number of nitriles is 1. The van der Waals surface area contributed by atoms with Gasteiger partial charge in [-0.25, -0.2) is 4.79 Å². The molecule has 1 aromatic carbocycles. The van der Waals surface area contributed by atoms with Crippen LogP contribution in [0.1, 0.15) is 5.56 Å². The molecule has 0 aliphatic carbocycles. The van der Waals surface area contributed by atoms with Crippen LogP contribution in [-0.2, 0) is 0 Å². The number of amides is 2. The van der Waals surface area contributed by atoms with E-state index in [9.17, 15) is 4.79 Å². The number of anilines is 1. The number of nitrogens with one attached hydrogen (secondary N) is 1. The van der Waals surface area contributed by atoms with Gasteiger partial charge in [0, 0.05) is 17.6 Å². The molecule has 0 spiro atoms. The lowest BCUT2D eigenvalue weighted by Gasteiger charge is -2.15. The summed E-state index contributed by atoms with van der Waals surface area (Å²) in [6.07, 6.45) is 0. The average molecular weight is 266 g/mol. The molecule has 0 radical (unpaired) electrons. The highest BCUT2D eigenvalue weighted by Gasteiger charge is 2.23. The van der Waals surface area contributed by atoms with E-state index < -0.39 is 0 Å². The molecule has 1 heterocycles. The van der Waals surface area contributed by atoms with Gasteiger partial charge in [-0.05, 0) is 18.2 Å². The van der Waals surface area contributed by atoms with E-state index in [0.717, 1.165) is 4.47 Å². The molecule has 1 fully saturated rings. The van der Waals surface area contributed by atoms with Crippen molar-refractivity contribution in [3.63, 3.8) is 0 Å². The maximum atomic E-state index is 11.4. The molecule has 1 aromatic rings. The first-order chi connectivity index (χ1) is 7.22. The topological polar surface area (TPSA) is 56.1 Å². The minimum absolute atomic E-state index is 0.149. The SMILES string of the molecule is N#Cc1ccc(Br)cc1N1CCNC1=O. The summed E-state index contributed by atoms with van der Waals surface area (Å²) in [5.41, 5.74) is 1.16. The first-order valence-electron chi connectivity index (χ1n) is 4.47. The van der Waals surface area contributed by atoms with E-state index in [4.69, 9.17) is 5.26 Å².